The van der Waals surface area contributed by atoms with Gasteiger partial charge in [-0.1, -0.05) is 17.7 Å². The van der Waals surface area contributed by atoms with Gasteiger partial charge in [0.15, 0.2) is 0 Å². The van der Waals surface area contributed by atoms with Crippen molar-refractivity contribution in [2.45, 2.75) is 6.92 Å². The van der Waals surface area contributed by atoms with Gasteiger partial charge in [-0.15, -0.1) is 11.3 Å². The summed E-state index contributed by atoms with van der Waals surface area (Å²) in [4.78, 5) is 23.8. The van der Waals surface area contributed by atoms with Gasteiger partial charge in [-0.05, 0) is 19.1 Å². The van der Waals surface area contributed by atoms with E-state index in [-0.39, 0.29) is 5.56 Å². The van der Waals surface area contributed by atoms with Gasteiger partial charge in [0.1, 0.15) is 16.8 Å². The summed E-state index contributed by atoms with van der Waals surface area (Å²) < 4.78 is 3.08. The van der Waals surface area contributed by atoms with Gasteiger partial charge in [-0.25, -0.2) is 9.97 Å². The lowest BCUT2D eigenvalue weighted by Gasteiger charge is -2.15. The van der Waals surface area contributed by atoms with Crippen molar-refractivity contribution in [2.24, 2.45) is 0 Å². The summed E-state index contributed by atoms with van der Waals surface area (Å²) in [6.45, 7) is 2.01. The number of hydrogen-bond donors (Lipinski definition) is 1. The normalized spacial score (nSPS) is 11.3. The van der Waals surface area contributed by atoms with E-state index in [1.165, 1.54) is 11.3 Å². The second kappa shape index (κ2) is 5.56. The second-order valence-corrected chi connectivity index (χ2v) is 7.21. The molecular weight excluding hydrogens is 334 g/mol. The van der Waals surface area contributed by atoms with Gasteiger partial charge in [-0.3, -0.25) is 9.36 Å². The monoisotopic (exact) mass is 351 g/mol. The number of benzene rings is 1. The van der Waals surface area contributed by atoms with Crippen LogP contribution in [0.3, 0.4) is 0 Å². The van der Waals surface area contributed by atoms with Gasteiger partial charge < -0.3 is 10.6 Å². The van der Waals surface area contributed by atoms with Crippen molar-refractivity contribution in [2.75, 3.05) is 24.7 Å². The number of pyridine rings is 1. The quantitative estimate of drug-likeness (QED) is 0.601. The maximum absolute atomic E-state index is 13.0. The Morgan fingerprint density at radius 2 is 1.88 bits per heavy atom. The molecule has 25 heavy (non-hydrogen) atoms. The Kier molecular flexibility index (Phi) is 3.47. The number of thiophene rings is 1. The minimum atomic E-state index is -0.0849. The van der Waals surface area contributed by atoms with Crippen molar-refractivity contribution in [3.05, 3.63) is 52.7 Å². The number of anilines is 2. The van der Waals surface area contributed by atoms with Crippen LogP contribution in [0.15, 0.2) is 41.6 Å². The molecular formula is C18H17N5OS. The third-order valence-corrected chi connectivity index (χ3v) is 5.29. The van der Waals surface area contributed by atoms with Crippen molar-refractivity contribution in [1.82, 2.24) is 14.5 Å². The van der Waals surface area contributed by atoms with Crippen molar-refractivity contribution in [3.8, 4) is 5.69 Å². The first-order chi connectivity index (χ1) is 12.0. The van der Waals surface area contributed by atoms with Gasteiger partial charge in [0.2, 0.25) is 0 Å². The fourth-order valence-corrected chi connectivity index (χ4v) is 4.02. The lowest BCUT2D eigenvalue weighted by Crippen LogP contribution is -2.18. The molecule has 126 valence electrons. The highest BCUT2D eigenvalue weighted by atomic mass is 32.1. The maximum atomic E-state index is 13.0. The van der Waals surface area contributed by atoms with E-state index in [1.54, 1.807) is 17.1 Å². The largest absolute Gasteiger partial charge is 0.382 e. The third kappa shape index (κ3) is 2.35. The summed E-state index contributed by atoms with van der Waals surface area (Å²) in [5.41, 5.74) is 9.38. The highest BCUT2D eigenvalue weighted by Gasteiger charge is 2.18. The molecule has 0 spiro atoms. The Labute approximate surface area is 148 Å². The number of rotatable bonds is 2. The van der Waals surface area contributed by atoms with Crippen LogP contribution in [0, 0.1) is 6.92 Å². The second-order valence-electron chi connectivity index (χ2n) is 6.16. The molecule has 0 atom stereocenters. The van der Waals surface area contributed by atoms with Crippen LogP contribution >= 0.6 is 11.3 Å². The molecule has 2 N–H and O–H groups in total. The van der Waals surface area contributed by atoms with Crippen molar-refractivity contribution < 1.29 is 0 Å². The van der Waals surface area contributed by atoms with E-state index in [0.717, 1.165) is 27.0 Å². The zero-order chi connectivity index (χ0) is 17.7. The SMILES string of the molecule is Cc1ccc(-n2cnc3c(sc4cnc(N)c(N(C)C)c43)c2=O)cc1. The van der Waals surface area contributed by atoms with E-state index >= 15 is 0 Å². The molecule has 0 bridgehead atoms. The van der Waals surface area contributed by atoms with Crippen LogP contribution in [0.5, 0.6) is 0 Å². The van der Waals surface area contributed by atoms with Crippen molar-refractivity contribution in [3.63, 3.8) is 0 Å². The number of aromatic nitrogens is 3. The number of aryl methyl sites for hydroxylation is 1. The minimum absolute atomic E-state index is 0.0849. The molecule has 4 rings (SSSR count). The van der Waals surface area contributed by atoms with E-state index in [0.29, 0.717) is 16.0 Å². The van der Waals surface area contributed by atoms with E-state index in [1.807, 2.05) is 50.2 Å². The number of nitrogens with two attached hydrogens (primary N) is 1. The minimum Gasteiger partial charge on any atom is -0.382 e. The predicted molar refractivity (Wildman–Crippen MR) is 104 cm³/mol. The van der Waals surface area contributed by atoms with E-state index in [2.05, 4.69) is 9.97 Å². The lowest BCUT2D eigenvalue weighted by atomic mass is 10.2. The van der Waals surface area contributed by atoms with E-state index in [4.69, 9.17) is 5.73 Å². The van der Waals surface area contributed by atoms with Gasteiger partial charge in [0.05, 0.1) is 21.6 Å². The Morgan fingerprint density at radius 1 is 1.16 bits per heavy atom. The first-order valence-electron chi connectivity index (χ1n) is 7.80. The highest BCUT2D eigenvalue weighted by molar-refractivity contribution is 7.25. The van der Waals surface area contributed by atoms with Gasteiger partial charge in [0, 0.05) is 25.7 Å². The Hall–Kier alpha value is -2.93. The first kappa shape index (κ1) is 15.6. The molecule has 1 aromatic carbocycles. The summed E-state index contributed by atoms with van der Waals surface area (Å²) in [5.74, 6) is 0.432. The number of hydrogen-bond acceptors (Lipinski definition) is 6. The Bertz CT molecular complexity index is 1160. The summed E-state index contributed by atoms with van der Waals surface area (Å²) in [5, 5.41) is 0.880. The van der Waals surface area contributed by atoms with Gasteiger partial charge in [0.25, 0.3) is 5.56 Å². The smallest absolute Gasteiger partial charge is 0.275 e. The molecule has 4 aromatic rings. The molecule has 0 aliphatic carbocycles. The van der Waals surface area contributed by atoms with Crippen LogP contribution in [0.1, 0.15) is 5.56 Å². The molecule has 0 saturated heterocycles. The molecule has 6 nitrogen and oxygen atoms in total. The van der Waals surface area contributed by atoms with Crippen molar-refractivity contribution in [1.29, 1.82) is 0 Å². The third-order valence-electron chi connectivity index (χ3n) is 4.19. The lowest BCUT2D eigenvalue weighted by molar-refractivity contribution is 0.966. The number of nitrogens with zero attached hydrogens (tertiary/aromatic N) is 4. The first-order valence-corrected chi connectivity index (χ1v) is 8.61. The molecule has 0 aliphatic heterocycles. The number of nitrogen functional groups attached to an aromatic ring is 1. The van der Waals surface area contributed by atoms with Gasteiger partial charge >= 0.3 is 0 Å². The molecule has 0 aliphatic rings. The van der Waals surface area contributed by atoms with Crippen LogP contribution in [0.25, 0.3) is 26.0 Å². The van der Waals surface area contributed by atoms with Crippen LogP contribution in [0.2, 0.25) is 0 Å². The molecule has 0 unspecified atom stereocenters. The summed E-state index contributed by atoms with van der Waals surface area (Å²) >= 11 is 1.40. The average molecular weight is 351 g/mol. The average Bonchev–Trinajstić information content (AvgIpc) is 2.95. The Balaban J connectivity index is 2.06. The zero-order valence-corrected chi connectivity index (χ0v) is 15.0. The van der Waals surface area contributed by atoms with Crippen molar-refractivity contribution >= 4 is 43.1 Å². The highest BCUT2D eigenvalue weighted by Crippen LogP contribution is 2.38. The fraction of sp³-hybridized carbons (Fsp3) is 0.167. The summed E-state index contributed by atoms with van der Waals surface area (Å²) in [7, 11) is 3.81. The number of fused-ring (bicyclic) bond motifs is 3. The molecule has 3 aromatic heterocycles. The van der Waals surface area contributed by atoms with Crippen LogP contribution in [-0.4, -0.2) is 28.6 Å². The summed E-state index contributed by atoms with van der Waals surface area (Å²) in [6.07, 6.45) is 3.29. The standard InChI is InChI=1S/C18H17N5OS/c1-10-4-6-11(7-5-10)23-9-21-14-13-12(25-16(14)18(23)24)8-20-17(19)15(13)22(2)3/h4-9H,1-3H3,(H2,19,20). The van der Waals surface area contributed by atoms with Crippen LogP contribution in [-0.2, 0) is 0 Å². The topological polar surface area (TPSA) is 77.0 Å². The molecule has 3 heterocycles. The molecule has 0 saturated carbocycles. The fourth-order valence-electron chi connectivity index (χ4n) is 2.96. The van der Waals surface area contributed by atoms with E-state index in [9.17, 15) is 4.79 Å². The van der Waals surface area contributed by atoms with E-state index < -0.39 is 0 Å². The molecule has 0 radical (unpaired) electrons. The molecule has 7 heteroatoms. The Morgan fingerprint density at radius 3 is 2.56 bits per heavy atom. The van der Waals surface area contributed by atoms with Gasteiger partial charge in [-0.2, -0.15) is 0 Å². The van der Waals surface area contributed by atoms with Crippen LogP contribution in [0.4, 0.5) is 11.5 Å². The molecule has 0 amide bonds. The summed E-state index contributed by atoms with van der Waals surface area (Å²) in [6, 6.07) is 7.79. The predicted octanol–water partition coefficient (Wildman–Crippen LogP) is 2.95. The molecule has 0 fully saturated rings. The zero-order valence-electron chi connectivity index (χ0n) is 14.1. The van der Waals surface area contributed by atoms with Crippen LogP contribution < -0.4 is 16.2 Å². The maximum Gasteiger partial charge on any atom is 0.275 e.